The van der Waals surface area contributed by atoms with E-state index in [1.165, 1.54) is 5.56 Å². The molecule has 3 rings (SSSR count). The van der Waals surface area contributed by atoms with Gasteiger partial charge in [-0.3, -0.25) is 4.79 Å². The van der Waals surface area contributed by atoms with Crippen LogP contribution >= 0.6 is 0 Å². The number of nitrogens with one attached hydrogen (secondary N) is 1. The smallest absolute Gasteiger partial charge is 0.410 e. The van der Waals surface area contributed by atoms with E-state index in [0.29, 0.717) is 32.0 Å². The summed E-state index contributed by atoms with van der Waals surface area (Å²) in [5.41, 5.74) is 0.722. The van der Waals surface area contributed by atoms with Gasteiger partial charge in [-0.25, -0.2) is 4.79 Å². The van der Waals surface area contributed by atoms with E-state index in [0.717, 1.165) is 12.8 Å². The van der Waals surface area contributed by atoms with Gasteiger partial charge in [-0.2, -0.15) is 0 Å². The molecule has 5 heteroatoms. The molecule has 0 unspecified atom stereocenters. The van der Waals surface area contributed by atoms with Crippen molar-refractivity contribution in [1.29, 1.82) is 0 Å². The van der Waals surface area contributed by atoms with Crippen LogP contribution in [0.5, 0.6) is 0 Å². The zero-order valence-electron chi connectivity index (χ0n) is 15.4. The molecule has 2 saturated heterocycles. The minimum Gasteiger partial charge on any atom is -0.444 e. The highest BCUT2D eigenvalue weighted by atomic mass is 16.6. The number of nitrogens with zero attached hydrogens (tertiary/aromatic N) is 1. The Bertz CT molecular complexity index is 628. The highest BCUT2D eigenvalue weighted by Crippen LogP contribution is 2.48. The van der Waals surface area contributed by atoms with Crippen LogP contribution in [0.1, 0.15) is 51.5 Å². The van der Waals surface area contributed by atoms with Gasteiger partial charge in [0.05, 0.1) is 0 Å². The summed E-state index contributed by atoms with van der Waals surface area (Å²) in [6.45, 7) is 7.61. The van der Waals surface area contributed by atoms with Crippen LogP contribution in [-0.4, -0.2) is 42.1 Å². The first-order chi connectivity index (χ1) is 11.8. The molecule has 1 aromatic rings. The maximum absolute atomic E-state index is 12.3. The summed E-state index contributed by atoms with van der Waals surface area (Å²) in [6, 6.07) is 10.4. The molecule has 0 saturated carbocycles. The molecule has 1 spiro atoms. The summed E-state index contributed by atoms with van der Waals surface area (Å²) in [7, 11) is 0. The third-order valence-corrected chi connectivity index (χ3v) is 5.37. The second-order valence-corrected chi connectivity index (χ2v) is 8.27. The van der Waals surface area contributed by atoms with Crippen molar-refractivity contribution in [3.05, 3.63) is 35.9 Å². The molecular weight excluding hydrogens is 316 g/mol. The number of hydrogen-bond acceptors (Lipinski definition) is 3. The number of benzene rings is 1. The van der Waals surface area contributed by atoms with E-state index in [2.05, 4.69) is 29.6 Å². The Morgan fingerprint density at radius 2 is 1.84 bits per heavy atom. The second kappa shape index (κ2) is 6.70. The Hall–Kier alpha value is -2.04. The molecule has 136 valence electrons. The van der Waals surface area contributed by atoms with Crippen molar-refractivity contribution in [3.63, 3.8) is 0 Å². The average Bonchev–Trinajstić information content (AvgIpc) is 2.55. The molecule has 1 aromatic carbocycles. The standard InChI is InChI=1S/C20H28N2O3/c1-19(2,3)25-18(24)22-11-9-20(10-12-22)13-17(23)21-14-16(20)15-7-5-4-6-8-15/h4-8,16H,9-14H2,1-3H3,(H,21,23)/t16-/m0/s1. The van der Waals surface area contributed by atoms with Gasteiger partial charge in [-0.1, -0.05) is 30.3 Å². The van der Waals surface area contributed by atoms with Crippen molar-refractivity contribution in [2.45, 2.75) is 51.6 Å². The third kappa shape index (κ3) is 3.97. The fraction of sp³-hybridized carbons (Fsp3) is 0.600. The van der Waals surface area contributed by atoms with Crippen molar-refractivity contribution in [3.8, 4) is 0 Å². The number of likely N-dealkylation sites (tertiary alicyclic amines) is 1. The molecule has 0 aliphatic carbocycles. The Morgan fingerprint density at radius 1 is 1.20 bits per heavy atom. The zero-order chi connectivity index (χ0) is 18.1. The summed E-state index contributed by atoms with van der Waals surface area (Å²) in [4.78, 5) is 26.2. The molecule has 2 heterocycles. The summed E-state index contributed by atoms with van der Waals surface area (Å²) >= 11 is 0. The largest absolute Gasteiger partial charge is 0.444 e. The first-order valence-electron chi connectivity index (χ1n) is 9.09. The maximum atomic E-state index is 12.3. The fourth-order valence-electron chi connectivity index (χ4n) is 4.08. The Morgan fingerprint density at radius 3 is 2.44 bits per heavy atom. The number of rotatable bonds is 1. The molecule has 2 aliphatic heterocycles. The molecule has 0 aromatic heterocycles. The highest BCUT2D eigenvalue weighted by molar-refractivity contribution is 5.78. The maximum Gasteiger partial charge on any atom is 0.410 e. The van der Waals surface area contributed by atoms with Gasteiger partial charge in [0.15, 0.2) is 0 Å². The minimum absolute atomic E-state index is 0.0673. The molecule has 2 fully saturated rings. The van der Waals surface area contributed by atoms with Gasteiger partial charge >= 0.3 is 6.09 Å². The van der Waals surface area contributed by atoms with Crippen LogP contribution in [0, 0.1) is 5.41 Å². The lowest BCUT2D eigenvalue weighted by Crippen LogP contribution is -2.53. The summed E-state index contributed by atoms with van der Waals surface area (Å²) in [5, 5.41) is 3.02. The second-order valence-electron chi connectivity index (χ2n) is 8.27. The first kappa shape index (κ1) is 17.8. The molecule has 1 N–H and O–H groups in total. The first-order valence-corrected chi connectivity index (χ1v) is 9.09. The van der Waals surface area contributed by atoms with Crippen molar-refractivity contribution < 1.29 is 14.3 Å². The Labute approximate surface area is 149 Å². The molecule has 2 amide bonds. The molecule has 5 nitrogen and oxygen atoms in total. The lowest BCUT2D eigenvalue weighted by molar-refractivity contribution is -0.128. The van der Waals surface area contributed by atoms with Crippen LogP contribution in [0.15, 0.2) is 30.3 Å². The topological polar surface area (TPSA) is 58.6 Å². The third-order valence-electron chi connectivity index (χ3n) is 5.37. The lowest BCUT2D eigenvalue weighted by atomic mass is 9.62. The van der Waals surface area contributed by atoms with Gasteiger partial charge in [0.25, 0.3) is 0 Å². The molecule has 1 atom stereocenters. The molecule has 0 bridgehead atoms. The molecule has 0 radical (unpaired) electrons. The van der Waals surface area contributed by atoms with Gasteiger partial charge in [0.2, 0.25) is 5.91 Å². The normalized spacial score (nSPS) is 23.2. The van der Waals surface area contributed by atoms with Gasteiger partial charge in [-0.15, -0.1) is 0 Å². The lowest BCUT2D eigenvalue weighted by Gasteiger charge is -2.49. The van der Waals surface area contributed by atoms with Crippen LogP contribution in [0.4, 0.5) is 4.79 Å². The summed E-state index contributed by atoms with van der Waals surface area (Å²) in [6.07, 6.45) is 1.95. The van der Waals surface area contributed by atoms with E-state index >= 15 is 0 Å². The predicted molar refractivity (Wildman–Crippen MR) is 96.3 cm³/mol. The zero-order valence-corrected chi connectivity index (χ0v) is 15.4. The van der Waals surface area contributed by atoms with E-state index in [1.54, 1.807) is 4.90 Å². The minimum atomic E-state index is -0.483. The monoisotopic (exact) mass is 344 g/mol. The average molecular weight is 344 g/mol. The van der Waals surface area contributed by atoms with Gasteiger partial charge < -0.3 is 15.0 Å². The van der Waals surface area contributed by atoms with E-state index < -0.39 is 5.60 Å². The number of hydrogen-bond donors (Lipinski definition) is 1. The predicted octanol–water partition coefficient (Wildman–Crippen LogP) is 3.31. The SMILES string of the molecule is CC(C)(C)OC(=O)N1CCC2(CC1)CC(=O)NC[C@H]2c1ccccc1. The molecule has 2 aliphatic rings. The highest BCUT2D eigenvalue weighted by Gasteiger charge is 2.47. The number of piperidine rings is 2. The van der Waals surface area contributed by atoms with E-state index in [-0.39, 0.29) is 17.4 Å². The Balaban J connectivity index is 1.74. The van der Waals surface area contributed by atoms with Gasteiger partial charge in [-0.05, 0) is 44.6 Å². The van der Waals surface area contributed by atoms with Crippen LogP contribution < -0.4 is 5.32 Å². The van der Waals surface area contributed by atoms with Crippen molar-refractivity contribution in [1.82, 2.24) is 10.2 Å². The van der Waals surface area contributed by atoms with Gasteiger partial charge in [0.1, 0.15) is 5.60 Å². The van der Waals surface area contributed by atoms with Crippen molar-refractivity contribution >= 4 is 12.0 Å². The van der Waals surface area contributed by atoms with Gasteiger partial charge in [0, 0.05) is 32.0 Å². The summed E-state index contributed by atoms with van der Waals surface area (Å²) < 4.78 is 5.49. The van der Waals surface area contributed by atoms with Crippen LogP contribution in [0.2, 0.25) is 0 Å². The van der Waals surface area contributed by atoms with E-state index in [9.17, 15) is 9.59 Å². The molecule has 25 heavy (non-hydrogen) atoms. The van der Waals surface area contributed by atoms with E-state index in [4.69, 9.17) is 4.74 Å². The van der Waals surface area contributed by atoms with Crippen LogP contribution in [0.25, 0.3) is 0 Å². The quantitative estimate of drug-likeness (QED) is 0.850. The number of carbonyl (C=O) groups is 2. The van der Waals surface area contributed by atoms with Crippen molar-refractivity contribution in [2.75, 3.05) is 19.6 Å². The summed E-state index contributed by atoms with van der Waals surface area (Å²) in [5.74, 6) is 0.421. The van der Waals surface area contributed by atoms with Crippen molar-refractivity contribution in [2.24, 2.45) is 5.41 Å². The number of amides is 2. The number of ether oxygens (including phenoxy) is 1. The fourth-order valence-corrected chi connectivity index (χ4v) is 4.08. The Kier molecular flexibility index (Phi) is 4.76. The van der Waals surface area contributed by atoms with Crippen LogP contribution in [-0.2, 0) is 9.53 Å². The number of carbonyl (C=O) groups excluding carboxylic acids is 2. The van der Waals surface area contributed by atoms with Crippen LogP contribution in [0.3, 0.4) is 0 Å². The van der Waals surface area contributed by atoms with E-state index in [1.807, 2.05) is 26.8 Å². The molecular formula is C20H28N2O3.